The molecule has 1 aromatic carbocycles. The third-order valence-corrected chi connectivity index (χ3v) is 2.39. The van der Waals surface area contributed by atoms with Crippen LogP contribution in [0.5, 0.6) is 0 Å². The fourth-order valence-corrected chi connectivity index (χ4v) is 1.52. The Hall–Kier alpha value is -1.13. The summed E-state index contributed by atoms with van der Waals surface area (Å²) in [7, 11) is 0. The summed E-state index contributed by atoms with van der Waals surface area (Å²) >= 11 is 11.0. The monoisotopic (exact) mass is 247 g/mol. The maximum Gasteiger partial charge on any atom is 0.291 e. The number of benzene rings is 1. The maximum atomic E-state index is 11.1. The molecule has 0 N–H and O–H groups in total. The van der Waals surface area contributed by atoms with Crippen molar-refractivity contribution in [3.63, 3.8) is 0 Å². The summed E-state index contributed by atoms with van der Waals surface area (Å²) < 4.78 is 0. The highest BCUT2D eigenvalue weighted by atomic mass is 35.5. The fourth-order valence-electron chi connectivity index (χ4n) is 1.17. The molecular formula is C9H7Cl2NO3. The third kappa shape index (κ3) is 2.91. The van der Waals surface area contributed by atoms with Gasteiger partial charge in [0.1, 0.15) is 5.02 Å². The average Bonchev–Trinajstić information content (AvgIpc) is 2.17. The van der Waals surface area contributed by atoms with E-state index in [1.807, 2.05) is 0 Å². The lowest BCUT2D eigenvalue weighted by molar-refractivity contribution is -0.385. The van der Waals surface area contributed by atoms with Crippen LogP contribution in [0.15, 0.2) is 18.2 Å². The van der Waals surface area contributed by atoms with E-state index in [1.165, 1.54) is 12.1 Å². The van der Waals surface area contributed by atoms with Gasteiger partial charge in [-0.05, 0) is 6.07 Å². The molecule has 1 aromatic rings. The van der Waals surface area contributed by atoms with Gasteiger partial charge in [-0.15, -0.1) is 11.6 Å². The van der Waals surface area contributed by atoms with Crippen LogP contribution in [0, 0.1) is 10.1 Å². The Morgan fingerprint density at radius 3 is 2.67 bits per heavy atom. The van der Waals surface area contributed by atoms with Gasteiger partial charge in [-0.25, -0.2) is 0 Å². The number of ketones is 1. The van der Waals surface area contributed by atoms with Crippen molar-refractivity contribution in [2.45, 2.75) is 6.42 Å². The number of Topliss-reactive ketones (excluding diaryl/α,β-unsaturated/α-hetero) is 1. The van der Waals surface area contributed by atoms with E-state index in [2.05, 4.69) is 0 Å². The number of nitrogens with zero attached hydrogens (tertiary/aromatic N) is 1. The minimum Gasteiger partial charge on any atom is -0.298 e. The molecule has 0 atom stereocenters. The summed E-state index contributed by atoms with van der Waals surface area (Å²) in [4.78, 5) is 21.2. The summed E-state index contributed by atoms with van der Waals surface area (Å²) in [6.45, 7) is 0. The first-order chi connectivity index (χ1) is 7.06. The normalized spacial score (nSPS) is 10.0. The van der Waals surface area contributed by atoms with Crippen molar-refractivity contribution in [2.75, 3.05) is 5.88 Å². The number of para-hydroxylation sites is 1. The zero-order valence-electron chi connectivity index (χ0n) is 7.57. The van der Waals surface area contributed by atoms with Crippen molar-refractivity contribution in [1.29, 1.82) is 0 Å². The van der Waals surface area contributed by atoms with Crippen LogP contribution in [0.25, 0.3) is 0 Å². The largest absolute Gasteiger partial charge is 0.298 e. The lowest BCUT2D eigenvalue weighted by atomic mass is 10.1. The number of hydrogen-bond donors (Lipinski definition) is 0. The molecule has 0 aliphatic rings. The predicted octanol–water partition coefficient (Wildman–Crippen LogP) is 2.60. The number of carbonyl (C=O) groups excluding carboxylic acids is 1. The summed E-state index contributed by atoms with van der Waals surface area (Å²) in [6.07, 6.45) is -0.0691. The third-order valence-electron chi connectivity index (χ3n) is 1.79. The van der Waals surface area contributed by atoms with Gasteiger partial charge in [-0.3, -0.25) is 14.9 Å². The van der Waals surface area contributed by atoms with Crippen LogP contribution in [0.1, 0.15) is 5.56 Å². The highest BCUT2D eigenvalue weighted by molar-refractivity contribution is 6.33. The molecule has 0 heterocycles. The molecular weight excluding hydrogens is 241 g/mol. The van der Waals surface area contributed by atoms with E-state index in [9.17, 15) is 14.9 Å². The Kier molecular flexibility index (Phi) is 4.05. The molecule has 0 saturated carbocycles. The summed E-state index contributed by atoms with van der Waals surface area (Å²) in [5, 5.41) is 10.7. The van der Waals surface area contributed by atoms with E-state index in [0.717, 1.165) is 0 Å². The Labute approximate surface area is 95.9 Å². The number of nitro groups is 1. The van der Waals surface area contributed by atoms with Crippen LogP contribution in [0.2, 0.25) is 5.02 Å². The molecule has 6 heteroatoms. The van der Waals surface area contributed by atoms with Gasteiger partial charge in [-0.2, -0.15) is 0 Å². The van der Waals surface area contributed by atoms with Crippen LogP contribution < -0.4 is 0 Å². The van der Waals surface area contributed by atoms with Crippen LogP contribution >= 0.6 is 23.2 Å². The lowest BCUT2D eigenvalue weighted by Gasteiger charge is -2.02. The van der Waals surface area contributed by atoms with Crippen LogP contribution in [0.4, 0.5) is 5.69 Å². The first-order valence-corrected chi connectivity index (χ1v) is 4.97. The summed E-state index contributed by atoms with van der Waals surface area (Å²) in [6, 6.07) is 4.47. The number of alkyl halides is 1. The van der Waals surface area contributed by atoms with E-state index in [4.69, 9.17) is 23.2 Å². The Bertz CT molecular complexity index is 406. The minimum absolute atomic E-state index is 0.0277. The first-order valence-electron chi connectivity index (χ1n) is 4.05. The average molecular weight is 248 g/mol. The molecule has 0 radical (unpaired) electrons. The molecule has 0 aliphatic heterocycles. The SMILES string of the molecule is O=C(CCl)Cc1cccc(Cl)c1[N+](=O)[O-]. The van der Waals surface area contributed by atoms with Crippen molar-refractivity contribution in [1.82, 2.24) is 0 Å². The van der Waals surface area contributed by atoms with E-state index < -0.39 is 4.92 Å². The minimum atomic E-state index is -0.598. The van der Waals surface area contributed by atoms with E-state index in [-0.39, 0.29) is 34.4 Å². The number of carbonyl (C=O) groups is 1. The van der Waals surface area contributed by atoms with Crippen molar-refractivity contribution in [3.05, 3.63) is 38.9 Å². The molecule has 0 amide bonds. The second-order valence-corrected chi connectivity index (χ2v) is 3.53. The van der Waals surface area contributed by atoms with Gasteiger partial charge in [-0.1, -0.05) is 23.7 Å². The molecule has 1 rings (SSSR count). The molecule has 0 aromatic heterocycles. The van der Waals surface area contributed by atoms with Gasteiger partial charge in [0.25, 0.3) is 5.69 Å². The zero-order chi connectivity index (χ0) is 11.4. The quantitative estimate of drug-likeness (QED) is 0.467. The van der Waals surface area contributed by atoms with Crippen LogP contribution in [0.3, 0.4) is 0 Å². The van der Waals surface area contributed by atoms with Gasteiger partial charge in [0.15, 0.2) is 5.78 Å². The molecule has 0 saturated heterocycles. The topological polar surface area (TPSA) is 60.2 Å². The highest BCUT2D eigenvalue weighted by Gasteiger charge is 2.19. The lowest BCUT2D eigenvalue weighted by Crippen LogP contribution is -2.06. The van der Waals surface area contributed by atoms with Gasteiger partial charge in [0.05, 0.1) is 10.8 Å². The standard InChI is InChI=1S/C9H7Cl2NO3/c10-5-7(13)4-6-2-1-3-8(11)9(6)12(14)15/h1-3H,4-5H2. The second-order valence-electron chi connectivity index (χ2n) is 2.85. The zero-order valence-corrected chi connectivity index (χ0v) is 9.09. The molecule has 0 bridgehead atoms. The Balaban J connectivity index is 3.11. The summed E-state index contributed by atoms with van der Waals surface area (Å²) in [5.41, 5.74) is 0.0655. The number of rotatable bonds is 4. The van der Waals surface area contributed by atoms with Crippen molar-refractivity contribution in [2.24, 2.45) is 0 Å². The molecule has 80 valence electrons. The van der Waals surface area contributed by atoms with Crippen molar-refractivity contribution in [3.8, 4) is 0 Å². The van der Waals surface area contributed by atoms with Gasteiger partial charge in [0.2, 0.25) is 0 Å². The molecule has 4 nitrogen and oxygen atoms in total. The van der Waals surface area contributed by atoms with Crippen molar-refractivity contribution >= 4 is 34.7 Å². The highest BCUT2D eigenvalue weighted by Crippen LogP contribution is 2.28. The number of halogens is 2. The van der Waals surface area contributed by atoms with Crippen LogP contribution in [-0.4, -0.2) is 16.6 Å². The molecule has 0 aliphatic carbocycles. The number of nitro benzene ring substituents is 1. The van der Waals surface area contributed by atoms with E-state index in [1.54, 1.807) is 6.07 Å². The van der Waals surface area contributed by atoms with Gasteiger partial charge >= 0.3 is 0 Å². The first kappa shape index (κ1) is 11.9. The predicted molar refractivity (Wildman–Crippen MR) is 57.5 cm³/mol. The van der Waals surface area contributed by atoms with Crippen molar-refractivity contribution < 1.29 is 9.72 Å². The second kappa shape index (κ2) is 5.09. The smallest absolute Gasteiger partial charge is 0.291 e. The Morgan fingerprint density at radius 2 is 2.13 bits per heavy atom. The van der Waals surface area contributed by atoms with Gasteiger partial charge in [0, 0.05) is 12.0 Å². The number of hydrogen-bond acceptors (Lipinski definition) is 3. The van der Waals surface area contributed by atoms with E-state index >= 15 is 0 Å². The molecule has 15 heavy (non-hydrogen) atoms. The van der Waals surface area contributed by atoms with Gasteiger partial charge < -0.3 is 0 Å². The molecule has 0 fully saturated rings. The maximum absolute atomic E-state index is 11.1. The molecule has 0 unspecified atom stereocenters. The summed E-state index contributed by atoms with van der Waals surface area (Å²) in [5.74, 6) is -0.439. The fraction of sp³-hybridized carbons (Fsp3) is 0.222. The van der Waals surface area contributed by atoms with E-state index in [0.29, 0.717) is 0 Å². The Morgan fingerprint density at radius 1 is 1.47 bits per heavy atom. The molecule has 0 spiro atoms. The van der Waals surface area contributed by atoms with Crippen LogP contribution in [-0.2, 0) is 11.2 Å².